The molecule has 2 aromatic carbocycles. The van der Waals surface area contributed by atoms with Gasteiger partial charge < -0.3 is 0 Å². The molecule has 0 aliphatic carbocycles. The average Bonchev–Trinajstić information content (AvgIpc) is 3.17. The molecule has 6 nitrogen and oxygen atoms in total. The van der Waals surface area contributed by atoms with Gasteiger partial charge in [0.05, 0.1) is 9.79 Å². The summed E-state index contributed by atoms with van der Waals surface area (Å²) in [5.41, 5.74) is -0.579. The van der Waals surface area contributed by atoms with Gasteiger partial charge in [0.25, 0.3) is 0 Å². The molecule has 2 saturated heterocycles. The minimum absolute atomic E-state index is 0.0102. The van der Waals surface area contributed by atoms with Crippen LogP contribution in [0.15, 0.2) is 70.5 Å². The maximum atomic E-state index is 13.6. The Kier molecular flexibility index (Phi) is 4.05. The standard InChI is InChI=1S/C19H21NO5S2/c1-18(2)14-19(27(23,24)16-11-7-4-8-12-16)17(13-20(18)25-19)26(21,22)15-9-5-3-6-10-15/h3-12,17H,13-14H2,1-2H3. The Balaban J connectivity index is 1.90. The lowest BCUT2D eigenvalue weighted by Gasteiger charge is -2.36. The summed E-state index contributed by atoms with van der Waals surface area (Å²) in [6, 6.07) is 15.9. The number of nitrogens with zero attached hydrogens (tertiary/aromatic N) is 1. The van der Waals surface area contributed by atoms with E-state index < -0.39 is 35.4 Å². The summed E-state index contributed by atoms with van der Waals surface area (Å²) in [6.45, 7) is 3.73. The maximum Gasteiger partial charge on any atom is 0.214 e. The summed E-state index contributed by atoms with van der Waals surface area (Å²) in [6.07, 6.45) is 0.0773. The number of rotatable bonds is 4. The minimum Gasteiger partial charge on any atom is -0.274 e. The lowest BCUT2D eigenvalue weighted by molar-refractivity contribution is -0.144. The van der Waals surface area contributed by atoms with Gasteiger partial charge in [-0.05, 0) is 38.1 Å². The number of hydroxylamine groups is 2. The number of hydrogen-bond acceptors (Lipinski definition) is 6. The third kappa shape index (κ3) is 2.58. The Bertz CT molecular complexity index is 1070. The molecule has 2 aliphatic heterocycles. The normalized spacial score (nSPS) is 29.7. The quantitative estimate of drug-likeness (QED) is 0.774. The van der Waals surface area contributed by atoms with Crippen LogP contribution in [0, 0.1) is 0 Å². The molecule has 3 atom stereocenters. The molecule has 2 bridgehead atoms. The molecule has 0 radical (unpaired) electrons. The van der Waals surface area contributed by atoms with Crippen molar-refractivity contribution in [2.75, 3.05) is 6.54 Å². The number of hydrogen-bond donors (Lipinski definition) is 0. The van der Waals surface area contributed by atoms with Gasteiger partial charge in [-0.15, -0.1) is 0 Å². The van der Waals surface area contributed by atoms with Crippen molar-refractivity contribution in [2.24, 2.45) is 0 Å². The zero-order valence-corrected chi connectivity index (χ0v) is 16.7. The maximum absolute atomic E-state index is 13.6. The van der Waals surface area contributed by atoms with E-state index in [1.54, 1.807) is 36.4 Å². The first-order valence-electron chi connectivity index (χ1n) is 8.67. The highest BCUT2D eigenvalue weighted by molar-refractivity contribution is 7.96. The second-order valence-electron chi connectivity index (χ2n) is 7.62. The van der Waals surface area contributed by atoms with E-state index in [0.717, 1.165) is 0 Å². The zero-order chi connectivity index (χ0) is 19.5. The molecule has 2 heterocycles. The molecular formula is C19H21NO5S2. The van der Waals surface area contributed by atoms with Gasteiger partial charge >= 0.3 is 0 Å². The fourth-order valence-electron chi connectivity index (χ4n) is 4.01. The van der Waals surface area contributed by atoms with E-state index in [1.807, 2.05) is 13.8 Å². The van der Waals surface area contributed by atoms with Crippen LogP contribution in [0.25, 0.3) is 0 Å². The van der Waals surface area contributed by atoms with Gasteiger partial charge in [-0.25, -0.2) is 16.8 Å². The summed E-state index contributed by atoms with van der Waals surface area (Å²) in [7, 11) is -7.98. The van der Waals surface area contributed by atoms with Crippen molar-refractivity contribution in [1.29, 1.82) is 0 Å². The van der Waals surface area contributed by atoms with Crippen LogP contribution in [-0.4, -0.2) is 44.2 Å². The predicted molar refractivity (Wildman–Crippen MR) is 100 cm³/mol. The van der Waals surface area contributed by atoms with Crippen molar-refractivity contribution in [3.05, 3.63) is 60.7 Å². The van der Waals surface area contributed by atoms with E-state index in [0.29, 0.717) is 0 Å². The molecule has 4 rings (SSSR count). The predicted octanol–water partition coefficient (Wildman–Crippen LogP) is 2.43. The van der Waals surface area contributed by atoms with Crippen LogP contribution < -0.4 is 0 Å². The highest BCUT2D eigenvalue weighted by Crippen LogP contribution is 2.54. The summed E-state index contributed by atoms with van der Waals surface area (Å²) in [5.74, 6) is 0. The smallest absolute Gasteiger partial charge is 0.214 e. The SMILES string of the molecule is CC1(C)CC2(S(=O)(=O)c3ccccc3)ON1CC2S(=O)(=O)c1ccccc1. The molecule has 3 unspecified atom stereocenters. The molecule has 27 heavy (non-hydrogen) atoms. The van der Waals surface area contributed by atoms with Crippen LogP contribution in [0.1, 0.15) is 20.3 Å². The number of sulfone groups is 2. The summed E-state index contributed by atoms with van der Waals surface area (Å²) < 4.78 is 53.8. The van der Waals surface area contributed by atoms with Crippen LogP contribution >= 0.6 is 0 Å². The molecule has 2 fully saturated rings. The van der Waals surface area contributed by atoms with Crippen LogP contribution in [-0.2, 0) is 24.5 Å². The van der Waals surface area contributed by atoms with Crippen molar-refractivity contribution in [3.63, 3.8) is 0 Å². The molecule has 0 spiro atoms. The van der Waals surface area contributed by atoms with Gasteiger partial charge in [0.15, 0.2) is 9.84 Å². The molecule has 8 heteroatoms. The lowest BCUT2D eigenvalue weighted by Crippen LogP contribution is -2.55. The van der Waals surface area contributed by atoms with Gasteiger partial charge in [-0.1, -0.05) is 36.4 Å². The average molecular weight is 408 g/mol. The van der Waals surface area contributed by atoms with E-state index in [4.69, 9.17) is 4.84 Å². The third-order valence-corrected chi connectivity index (χ3v) is 10.1. The van der Waals surface area contributed by atoms with Crippen molar-refractivity contribution in [1.82, 2.24) is 5.06 Å². The van der Waals surface area contributed by atoms with Crippen LogP contribution in [0.4, 0.5) is 0 Å². The zero-order valence-electron chi connectivity index (χ0n) is 15.1. The fourth-order valence-corrected chi connectivity index (χ4v) is 8.63. The van der Waals surface area contributed by atoms with Crippen molar-refractivity contribution < 1.29 is 21.7 Å². The Hall–Kier alpha value is -1.74. The molecule has 0 aromatic heterocycles. The first-order chi connectivity index (χ1) is 12.6. The van der Waals surface area contributed by atoms with E-state index >= 15 is 0 Å². The van der Waals surface area contributed by atoms with Gasteiger partial charge in [-0.3, -0.25) is 4.84 Å². The van der Waals surface area contributed by atoms with Crippen LogP contribution in [0.2, 0.25) is 0 Å². The molecule has 2 aliphatic rings. The Morgan fingerprint density at radius 2 is 1.41 bits per heavy atom. The van der Waals surface area contributed by atoms with Gasteiger partial charge in [-0.2, -0.15) is 5.06 Å². The van der Waals surface area contributed by atoms with Crippen molar-refractivity contribution >= 4 is 19.7 Å². The number of fused-ring (bicyclic) bond motifs is 2. The van der Waals surface area contributed by atoms with E-state index in [2.05, 4.69) is 0 Å². The first-order valence-corrected chi connectivity index (χ1v) is 11.7. The number of benzene rings is 2. The number of piperidine rings is 1. The highest BCUT2D eigenvalue weighted by Gasteiger charge is 2.71. The second kappa shape index (κ2) is 5.88. The van der Waals surface area contributed by atoms with Crippen molar-refractivity contribution in [2.45, 2.75) is 45.8 Å². The van der Waals surface area contributed by atoms with Crippen LogP contribution in [0.5, 0.6) is 0 Å². The van der Waals surface area contributed by atoms with Gasteiger partial charge in [0, 0.05) is 18.5 Å². The molecule has 0 N–H and O–H groups in total. The highest BCUT2D eigenvalue weighted by atomic mass is 32.2. The fraction of sp³-hybridized carbons (Fsp3) is 0.368. The minimum atomic E-state index is -4.06. The van der Waals surface area contributed by atoms with Gasteiger partial charge in [0.2, 0.25) is 14.8 Å². The molecule has 0 saturated carbocycles. The topological polar surface area (TPSA) is 80.8 Å². The third-order valence-electron chi connectivity index (χ3n) is 5.40. The van der Waals surface area contributed by atoms with Crippen LogP contribution in [0.3, 0.4) is 0 Å². The monoisotopic (exact) mass is 407 g/mol. The Morgan fingerprint density at radius 1 is 0.889 bits per heavy atom. The first kappa shape index (κ1) is 18.6. The molecular weight excluding hydrogens is 386 g/mol. The summed E-state index contributed by atoms with van der Waals surface area (Å²) >= 11 is 0. The Morgan fingerprint density at radius 3 is 1.93 bits per heavy atom. The lowest BCUT2D eigenvalue weighted by atomic mass is 9.92. The Labute approximate surface area is 159 Å². The van der Waals surface area contributed by atoms with E-state index in [1.165, 1.54) is 29.3 Å². The molecule has 144 valence electrons. The van der Waals surface area contributed by atoms with E-state index in [-0.39, 0.29) is 22.8 Å². The van der Waals surface area contributed by atoms with E-state index in [9.17, 15) is 16.8 Å². The molecule has 2 aromatic rings. The summed E-state index contributed by atoms with van der Waals surface area (Å²) in [4.78, 5) is 4.21. The largest absolute Gasteiger partial charge is 0.274 e. The molecule has 0 amide bonds. The summed E-state index contributed by atoms with van der Waals surface area (Å²) in [5, 5.41) is 0.309. The van der Waals surface area contributed by atoms with Crippen molar-refractivity contribution in [3.8, 4) is 0 Å². The van der Waals surface area contributed by atoms with Gasteiger partial charge in [0.1, 0.15) is 5.25 Å². The second-order valence-corrected chi connectivity index (χ2v) is 11.9.